The van der Waals surface area contributed by atoms with Crippen molar-refractivity contribution in [1.82, 2.24) is 5.32 Å². The van der Waals surface area contributed by atoms with Crippen LogP contribution in [0.4, 0.5) is 4.39 Å². The molecule has 19 heavy (non-hydrogen) atoms. The summed E-state index contributed by atoms with van der Waals surface area (Å²) in [6.07, 6.45) is 0. The number of hydrogen-bond donors (Lipinski definition) is 1. The molecule has 1 N–H and O–H groups in total. The predicted molar refractivity (Wildman–Crippen MR) is 76.8 cm³/mol. The molecule has 98 valence electrons. The van der Waals surface area contributed by atoms with Gasteiger partial charge in [0, 0.05) is 10.9 Å². The lowest BCUT2D eigenvalue weighted by Gasteiger charge is -2.16. The smallest absolute Gasteiger partial charge is 0.251 e. The van der Waals surface area contributed by atoms with E-state index in [2.05, 4.69) is 21.2 Å². The Morgan fingerprint density at radius 2 is 1.74 bits per heavy atom. The molecular formula is C15H13BrFNO. The molecule has 0 aliphatic rings. The Bertz CT molecular complexity index is 542. The highest BCUT2D eigenvalue weighted by Crippen LogP contribution is 2.16. The number of alkyl halides is 1. The molecule has 0 fully saturated rings. The third kappa shape index (κ3) is 3.64. The third-order valence-electron chi connectivity index (χ3n) is 2.77. The van der Waals surface area contributed by atoms with E-state index in [4.69, 9.17) is 0 Å². The van der Waals surface area contributed by atoms with E-state index < -0.39 is 0 Å². The van der Waals surface area contributed by atoms with Crippen LogP contribution in [-0.4, -0.2) is 11.2 Å². The molecule has 0 radical (unpaired) electrons. The van der Waals surface area contributed by atoms with Crippen molar-refractivity contribution in [2.24, 2.45) is 0 Å². The van der Waals surface area contributed by atoms with E-state index in [-0.39, 0.29) is 17.8 Å². The van der Waals surface area contributed by atoms with Crippen molar-refractivity contribution in [3.05, 3.63) is 71.5 Å². The Hall–Kier alpha value is -1.68. The number of benzene rings is 2. The highest BCUT2D eigenvalue weighted by molar-refractivity contribution is 9.09. The van der Waals surface area contributed by atoms with E-state index in [9.17, 15) is 9.18 Å². The van der Waals surface area contributed by atoms with E-state index in [0.29, 0.717) is 10.9 Å². The minimum absolute atomic E-state index is 0.112. The van der Waals surface area contributed by atoms with Crippen LogP contribution in [0.2, 0.25) is 0 Å². The van der Waals surface area contributed by atoms with Crippen LogP contribution in [0.5, 0.6) is 0 Å². The molecule has 0 aromatic heterocycles. The number of nitrogens with one attached hydrogen (secondary N) is 1. The Kier molecular flexibility index (Phi) is 4.68. The van der Waals surface area contributed by atoms with Gasteiger partial charge in [-0.1, -0.05) is 46.3 Å². The average molecular weight is 322 g/mol. The average Bonchev–Trinajstić information content (AvgIpc) is 2.46. The summed E-state index contributed by atoms with van der Waals surface area (Å²) in [7, 11) is 0. The first-order chi connectivity index (χ1) is 9.20. The van der Waals surface area contributed by atoms with Crippen LogP contribution in [0.1, 0.15) is 22.0 Å². The quantitative estimate of drug-likeness (QED) is 0.855. The molecule has 0 heterocycles. The summed E-state index contributed by atoms with van der Waals surface area (Å²) in [5, 5.41) is 3.53. The van der Waals surface area contributed by atoms with Gasteiger partial charge in [0.15, 0.2) is 0 Å². The van der Waals surface area contributed by atoms with Gasteiger partial charge in [0.25, 0.3) is 5.91 Å². The maximum atomic E-state index is 12.8. The summed E-state index contributed by atoms with van der Waals surface area (Å²) >= 11 is 3.39. The summed E-state index contributed by atoms with van der Waals surface area (Å²) < 4.78 is 12.8. The standard InChI is InChI=1S/C15H13BrFNO/c16-10-14(11-4-2-1-3-5-11)18-15(19)12-6-8-13(17)9-7-12/h1-9,14H,10H2,(H,18,19). The molecule has 1 amide bonds. The van der Waals surface area contributed by atoms with Gasteiger partial charge in [0.2, 0.25) is 0 Å². The summed E-state index contributed by atoms with van der Waals surface area (Å²) in [6.45, 7) is 0. The molecule has 2 aromatic rings. The second-order valence-corrected chi connectivity index (χ2v) is 4.75. The highest BCUT2D eigenvalue weighted by Gasteiger charge is 2.14. The molecule has 0 saturated carbocycles. The van der Waals surface area contributed by atoms with Crippen LogP contribution in [0.25, 0.3) is 0 Å². The number of halogens is 2. The zero-order valence-corrected chi connectivity index (χ0v) is 11.7. The van der Waals surface area contributed by atoms with Crippen LogP contribution < -0.4 is 5.32 Å². The molecule has 4 heteroatoms. The third-order valence-corrected chi connectivity index (χ3v) is 3.42. The number of carbonyl (C=O) groups excluding carboxylic acids is 1. The maximum Gasteiger partial charge on any atom is 0.251 e. The fraction of sp³-hybridized carbons (Fsp3) is 0.133. The molecular weight excluding hydrogens is 309 g/mol. The lowest BCUT2D eigenvalue weighted by molar-refractivity contribution is 0.0941. The first-order valence-electron chi connectivity index (χ1n) is 5.88. The van der Waals surface area contributed by atoms with Crippen LogP contribution in [-0.2, 0) is 0 Å². The maximum absolute atomic E-state index is 12.8. The number of amides is 1. The minimum atomic E-state index is -0.350. The summed E-state index contributed by atoms with van der Waals surface area (Å²) in [5.74, 6) is -0.565. The van der Waals surface area contributed by atoms with E-state index in [0.717, 1.165) is 5.56 Å². The zero-order chi connectivity index (χ0) is 13.7. The Morgan fingerprint density at radius 1 is 1.11 bits per heavy atom. The van der Waals surface area contributed by atoms with E-state index in [1.165, 1.54) is 24.3 Å². The molecule has 0 aliphatic carbocycles. The Balaban J connectivity index is 2.10. The predicted octanol–water partition coefficient (Wildman–Crippen LogP) is 3.69. The molecule has 2 rings (SSSR count). The van der Waals surface area contributed by atoms with Gasteiger partial charge in [-0.3, -0.25) is 4.79 Å². The van der Waals surface area contributed by atoms with Crippen LogP contribution >= 0.6 is 15.9 Å². The van der Waals surface area contributed by atoms with Gasteiger partial charge in [0.05, 0.1) is 6.04 Å². The fourth-order valence-electron chi connectivity index (χ4n) is 1.74. The van der Waals surface area contributed by atoms with Gasteiger partial charge in [-0.15, -0.1) is 0 Å². The van der Waals surface area contributed by atoms with Crippen molar-refractivity contribution >= 4 is 21.8 Å². The van der Waals surface area contributed by atoms with E-state index >= 15 is 0 Å². The van der Waals surface area contributed by atoms with Gasteiger partial charge in [0.1, 0.15) is 5.82 Å². The highest BCUT2D eigenvalue weighted by atomic mass is 79.9. The molecule has 0 spiro atoms. The number of carbonyl (C=O) groups is 1. The molecule has 1 atom stereocenters. The molecule has 2 nitrogen and oxygen atoms in total. The molecule has 0 saturated heterocycles. The summed E-state index contributed by atoms with van der Waals surface area (Å²) in [4.78, 5) is 12.0. The van der Waals surface area contributed by atoms with E-state index in [1.54, 1.807) is 0 Å². The van der Waals surface area contributed by atoms with Crippen molar-refractivity contribution in [2.45, 2.75) is 6.04 Å². The van der Waals surface area contributed by atoms with Crippen LogP contribution in [0, 0.1) is 5.82 Å². The van der Waals surface area contributed by atoms with Crippen molar-refractivity contribution in [3.8, 4) is 0 Å². The largest absolute Gasteiger partial charge is 0.344 e. The second kappa shape index (κ2) is 6.48. The van der Waals surface area contributed by atoms with E-state index in [1.807, 2.05) is 30.3 Å². The Morgan fingerprint density at radius 3 is 2.32 bits per heavy atom. The Labute approximate surface area is 119 Å². The van der Waals surface area contributed by atoms with Crippen LogP contribution in [0.15, 0.2) is 54.6 Å². The topological polar surface area (TPSA) is 29.1 Å². The minimum Gasteiger partial charge on any atom is -0.344 e. The van der Waals surface area contributed by atoms with Gasteiger partial charge < -0.3 is 5.32 Å². The normalized spacial score (nSPS) is 11.9. The van der Waals surface area contributed by atoms with Gasteiger partial charge in [-0.05, 0) is 29.8 Å². The number of hydrogen-bond acceptors (Lipinski definition) is 1. The van der Waals surface area contributed by atoms with Crippen molar-refractivity contribution < 1.29 is 9.18 Å². The molecule has 0 bridgehead atoms. The van der Waals surface area contributed by atoms with Crippen molar-refractivity contribution in [1.29, 1.82) is 0 Å². The van der Waals surface area contributed by atoms with Crippen molar-refractivity contribution in [2.75, 3.05) is 5.33 Å². The van der Waals surface area contributed by atoms with Gasteiger partial charge in [-0.25, -0.2) is 4.39 Å². The molecule has 2 aromatic carbocycles. The first kappa shape index (κ1) is 13.7. The van der Waals surface area contributed by atoms with Gasteiger partial charge in [-0.2, -0.15) is 0 Å². The summed E-state index contributed by atoms with van der Waals surface area (Å²) in [5.41, 5.74) is 1.47. The van der Waals surface area contributed by atoms with Crippen molar-refractivity contribution in [3.63, 3.8) is 0 Å². The summed E-state index contributed by atoms with van der Waals surface area (Å²) in [6, 6.07) is 15.1. The number of rotatable bonds is 4. The lowest BCUT2D eigenvalue weighted by Crippen LogP contribution is -2.29. The second-order valence-electron chi connectivity index (χ2n) is 4.10. The molecule has 0 aliphatic heterocycles. The fourth-order valence-corrected chi connectivity index (χ4v) is 2.27. The molecule has 1 unspecified atom stereocenters. The zero-order valence-electron chi connectivity index (χ0n) is 10.1. The first-order valence-corrected chi connectivity index (χ1v) is 7.00. The lowest BCUT2D eigenvalue weighted by atomic mass is 10.1. The monoisotopic (exact) mass is 321 g/mol. The van der Waals surface area contributed by atoms with Crippen LogP contribution in [0.3, 0.4) is 0 Å². The van der Waals surface area contributed by atoms with Gasteiger partial charge >= 0.3 is 0 Å². The SMILES string of the molecule is O=C(NC(CBr)c1ccccc1)c1ccc(F)cc1.